The molecule has 0 unspecified atom stereocenters. The molecule has 0 atom stereocenters. The Hall–Kier alpha value is -3.30. The van der Waals surface area contributed by atoms with Crippen molar-refractivity contribution in [2.45, 2.75) is 6.18 Å². The molecular formula is C15H11F3N6O. The number of nitrogens with zero attached hydrogens (tertiary/aromatic N) is 3. The minimum absolute atomic E-state index is 0.0275. The first-order chi connectivity index (χ1) is 12.0. The number of fused-ring (bicyclic) bond motifs is 2. The lowest BCUT2D eigenvalue weighted by Gasteiger charge is -2.13. The molecule has 128 valence electrons. The van der Waals surface area contributed by atoms with E-state index in [1.54, 1.807) is 18.3 Å². The lowest BCUT2D eigenvalue weighted by Crippen LogP contribution is -2.06. The van der Waals surface area contributed by atoms with Gasteiger partial charge < -0.3 is 15.0 Å². The summed E-state index contributed by atoms with van der Waals surface area (Å²) in [5.74, 6) is 0.465. The van der Waals surface area contributed by atoms with Gasteiger partial charge in [-0.2, -0.15) is 18.3 Å². The van der Waals surface area contributed by atoms with Gasteiger partial charge >= 0.3 is 6.18 Å². The highest BCUT2D eigenvalue weighted by Crippen LogP contribution is 2.39. The van der Waals surface area contributed by atoms with Crippen LogP contribution < -0.4 is 10.1 Å². The van der Waals surface area contributed by atoms with Crippen molar-refractivity contribution in [2.24, 2.45) is 0 Å². The third-order valence-electron chi connectivity index (χ3n) is 3.79. The van der Waals surface area contributed by atoms with Gasteiger partial charge in [-0.1, -0.05) is 0 Å². The Bertz CT molecular complexity index is 1070. The second-order valence-corrected chi connectivity index (χ2v) is 5.28. The van der Waals surface area contributed by atoms with Gasteiger partial charge in [0.1, 0.15) is 23.5 Å². The summed E-state index contributed by atoms with van der Waals surface area (Å²) in [5.41, 5.74) is 0.459. The zero-order valence-electron chi connectivity index (χ0n) is 12.8. The summed E-state index contributed by atoms with van der Waals surface area (Å²) in [4.78, 5) is 10.3. The SMILES string of the molecule is COc1cc2[nH]ncc2cc1Nc1ncnc2[nH]cc(C(F)(F)F)c12. The Balaban J connectivity index is 1.87. The van der Waals surface area contributed by atoms with Crippen LogP contribution in [0.5, 0.6) is 5.75 Å². The van der Waals surface area contributed by atoms with Gasteiger partial charge in [0.05, 0.1) is 35.5 Å². The molecule has 4 aromatic rings. The number of halogens is 3. The summed E-state index contributed by atoms with van der Waals surface area (Å²) < 4.78 is 45.0. The summed E-state index contributed by atoms with van der Waals surface area (Å²) in [6.07, 6.45) is -0.865. The molecule has 25 heavy (non-hydrogen) atoms. The van der Waals surface area contributed by atoms with Crippen LogP contribution in [0.2, 0.25) is 0 Å². The predicted octanol–water partition coefficient (Wildman–Crippen LogP) is 3.61. The van der Waals surface area contributed by atoms with Crippen molar-refractivity contribution in [3.05, 3.63) is 36.4 Å². The first-order valence-electron chi connectivity index (χ1n) is 7.15. The predicted molar refractivity (Wildman–Crippen MR) is 84.8 cm³/mol. The fraction of sp³-hybridized carbons (Fsp3) is 0.133. The number of alkyl halides is 3. The normalized spacial score (nSPS) is 12.0. The third-order valence-corrected chi connectivity index (χ3v) is 3.79. The van der Waals surface area contributed by atoms with Gasteiger partial charge in [-0.3, -0.25) is 5.10 Å². The van der Waals surface area contributed by atoms with Gasteiger partial charge in [0.2, 0.25) is 0 Å². The zero-order valence-corrected chi connectivity index (χ0v) is 12.8. The van der Waals surface area contributed by atoms with E-state index in [-0.39, 0.29) is 16.9 Å². The molecule has 0 aliphatic carbocycles. The third kappa shape index (κ3) is 2.51. The number of ether oxygens (including phenoxy) is 1. The van der Waals surface area contributed by atoms with E-state index in [4.69, 9.17) is 4.74 Å². The summed E-state index contributed by atoms with van der Waals surface area (Å²) in [5, 5.41) is 10.3. The van der Waals surface area contributed by atoms with Crippen molar-refractivity contribution in [3.8, 4) is 5.75 Å². The fourth-order valence-corrected chi connectivity index (χ4v) is 2.65. The maximum Gasteiger partial charge on any atom is 0.418 e. The molecule has 0 saturated heterocycles. The van der Waals surface area contributed by atoms with E-state index in [9.17, 15) is 13.2 Å². The van der Waals surface area contributed by atoms with Gasteiger partial charge in [0.25, 0.3) is 0 Å². The van der Waals surface area contributed by atoms with Crippen LogP contribution in [0.1, 0.15) is 5.56 Å². The lowest BCUT2D eigenvalue weighted by atomic mass is 10.2. The van der Waals surface area contributed by atoms with Crippen LogP contribution >= 0.6 is 0 Å². The Kier molecular flexibility index (Phi) is 3.27. The lowest BCUT2D eigenvalue weighted by molar-refractivity contribution is -0.136. The smallest absolute Gasteiger partial charge is 0.418 e. The highest BCUT2D eigenvalue weighted by Gasteiger charge is 2.35. The number of anilines is 2. The highest BCUT2D eigenvalue weighted by atomic mass is 19.4. The quantitative estimate of drug-likeness (QED) is 0.526. The Morgan fingerprint density at radius 3 is 2.80 bits per heavy atom. The first-order valence-corrected chi connectivity index (χ1v) is 7.15. The second-order valence-electron chi connectivity index (χ2n) is 5.28. The van der Waals surface area contributed by atoms with E-state index in [1.807, 2.05) is 0 Å². The van der Waals surface area contributed by atoms with Crippen LogP contribution in [0.15, 0.2) is 30.9 Å². The average molecular weight is 348 g/mol. The zero-order chi connectivity index (χ0) is 17.6. The van der Waals surface area contributed by atoms with Crippen molar-refractivity contribution in [3.63, 3.8) is 0 Å². The number of methoxy groups -OCH3 is 1. The van der Waals surface area contributed by atoms with Crippen LogP contribution in [0.3, 0.4) is 0 Å². The highest BCUT2D eigenvalue weighted by molar-refractivity contribution is 5.94. The Morgan fingerprint density at radius 1 is 1.20 bits per heavy atom. The minimum Gasteiger partial charge on any atom is -0.494 e. The molecule has 10 heteroatoms. The summed E-state index contributed by atoms with van der Waals surface area (Å²) >= 11 is 0. The molecule has 1 aromatic carbocycles. The number of rotatable bonds is 3. The number of H-pyrrole nitrogens is 2. The Morgan fingerprint density at radius 2 is 2.04 bits per heavy atom. The Labute approximate surface area is 138 Å². The van der Waals surface area contributed by atoms with Gasteiger partial charge in [0.15, 0.2) is 0 Å². The van der Waals surface area contributed by atoms with Crippen molar-refractivity contribution in [1.82, 2.24) is 25.1 Å². The first kappa shape index (κ1) is 15.2. The molecule has 0 spiro atoms. The van der Waals surface area contributed by atoms with Crippen molar-refractivity contribution < 1.29 is 17.9 Å². The van der Waals surface area contributed by atoms with Crippen LogP contribution in [-0.4, -0.2) is 32.3 Å². The van der Waals surface area contributed by atoms with Crippen molar-refractivity contribution in [2.75, 3.05) is 12.4 Å². The molecule has 0 bridgehead atoms. The maximum atomic E-state index is 13.2. The molecule has 3 N–H and O–H groups in total. The summed E-state index contributed by atoms with van der Waals surface area (Å²) in [6, 6.07) is 3.41. The van der Waals surface area contributed by atoms with E-state index in [2.05, 4.69) is 30.5 Å². The molecule has 0 aliphatic rings. The molecule has 0 aliphatic heterocycles. The molecule has 0 amide bonds. The second kappa shape index (κ2) is 5.36. The molecular weight excluding hydrogens is 337 g/mol. The maximum absolute atomic E-state index is 13.2. The fourth-order valence-electron chi connectivity index (χ4n) is 2.65. The van der Waals surface area contributed by atoms with E-state index in [0.717, 1.165) is 17.1 Å². The van der Waals surface area contributed by atoms with Crippen molar-refractivity contribution >= 4 is 33.4 Å². The summed E-state index contributed by atoms with van der Waals surface area (Å²) in [7, 11) is 1.47. The standard InChI is InChI=1S/C15H11F3N6O/c1-25-11-3-9-7(4-22-24-9)2-10(11)23-14-12-8(15(16,17)18)5-19-13(12)20-6-21-14/h2-6H,1H3,(H,22,24)(H2,19,20,21,23). The number of aromatic amines is 2. The van der Waals surface area contributed by atoms with Gasteiger partial charge in [-0.05, 0) is 6.07 Å². The minimum atomic E-state index is -4.53. The molecule has 0 radical (unpaired) electrons. The van der Waals surface area contributed by atoms with E-state index in [0.29, 0.717) is 11.4 Å². The van der Waals surface area contributed by atoms with E-state index in [1.165, 1.54) is 13.4 Å². The number of hydrogen-bond donors (Lipinski definition) is 3. The topological polar surface area (TPSA) is 91.5 Å². The molecule has 0 saturated carbocycles. The summed E-state index contributed by atoms with van der Waals surface area (Å²) in [6.45, 7) is 0. The largest absolute Gasteiger partial charge is 0.494 e. The molecule has 3 heterocycles. The van der Waals surface area contributed by atoms with Crippen molar-refractivity contribution in [1.29, 1.82) is 0 Å². The van der Waals surface area contributed by atoms with Gasteiger partial charge in [0, 0.05) is 17.6 Å². The molecule has 0 fully saturated rings. The molecule has 4 rings (SSSR count). The van der Waals surface area contributed by atoms with Gasteiger partial charge in [-0.25, -0.2) is 9.97 Å². The number of nitrogens with one attached hydrogen (secondary N) is 3. The van der Waals surface area contributed by atoms with Crippen LogP contribution in [-0.2, 0) is 6.18 Å². The molecule has 3 aromatic heterocycles. The van der Waals surface area contributed by atoms with Crippen LogP contribution in [0.4, 0.5) is 24.7 Å². The number of benzene rings is 1. The average Bonchev–Trinajstić information content (AvgIpc) is 3.20. The van der Waals surface area contributed by atoms with Gasteiger partial charge in [-0.15, -0.1) is 0 Å². The van der Waals surface area contributed by atoms with Crippen LogP contribution in [0.25, 0.3) is 21.9 Å². The van der Waals surface area contributed by atoms with E-state index < -0.39 is 11.7 Å². The molecule has 7 nitrogen and oxygen atoms in total. The van der Waals surface area contributed by atoms with Crippen LogP contribution in [0, 0.1) is 0 Å². The monoisotopic (exact) mass is 348 g/mol. The number of hydrogen-bond acceptors (Lipinski definition) is 5. The number of aromatic nitrogens is 5. The van der Waals surface area contributed by atoms with E-state index >= 15 is 0 Å².